The summed E-state index contributed by atoms with van der Waals surface area (Å²) < 4.78 is 7.37. The molecule has 4 heterocycles. The van der Waals surface area contributed by atoms with Gasteiger partial charge in [0.15, 0.2) is 5.69 Å². The predicted molar refractivity (Wildman–Crippen MR) is 103 cm³/mol. The van der Waals surface area contributed by atoms with E-state index in [0.717, 1.165) is 61.7 Å². The summed E-state index contributed by atoms with van der Waals surface area (Å²) in [5.74, 6) is 2.60. The molecular weight excluding hydrogens is 356 g/mol. The van der Waals surface area contributed by atoms with Crippen LogP contribution in [0.4, 0.5) is 5.82 Å². The highest BCUT2D eigenvalue weighted by Gasteiger charge is 2.29. The van der Waals surface area contributed by atoms with Gasteiger partial charge in [-0.3, -0.25) is 4.79 Å². The van der Waals surface area contributed by atoms with Gasteiger partial charge in [-0.05, 0) is 31.4 Å². The SMILES string of the molecule is O=C(c1noc2c1CCCC2)N1CCN(c2cc(-n3cccc3)ncn2)CC1. The largest absolute Gasteiger partial charge is 0.360 e. The Labute approximate surface area is 162 Å². The van der Waals surface area contributed by atoms with Gasteiger partial charge in [-0.2, -0.15) is 0 Å². The molecule has 1 aliphatic heterocycles. The Balaban J connectivity index is 1.27. The van der Waals surface area contributed by atoms with Crippen molar-refractivity contribution in [2.75, 3.05) is 31.1 Å². The predicted octanol–water partition coefficient (Wildman–Crippen LogP) is 2.10. The van der Waals surface area contributed by atoms with Crippen LogP contribution in [0.2, 0.25) is 0 Å². The fourth-order valence-corrected chi connectivity index (χ4v) is 3.98. The smallest absolute Gasteiger partial charge is 0.276 e. The summed E-state index contributed by atoms with van der Waals surface area (Å²) in [5.41, 5.74) is 1.53. The molecule has 2 aliphatic rings. The topological polar surface area (TPSA) is 80.3 Å². The number of aryl methyl sites for hydroxylation is 1. The van der Waals surface area contributed by atoms with Gasteiger partial charge < -0.3 is 18.9 Å². The maximum Gasteiger partial charge on any atom is 0.276 e. The van der Waals surface area contributed by atoms with Crippen LogP contribution < -0.4 is 4.90 Å². The Morgan fingerprint density at radius 1 is 0.964 bits per heavy atom. The lowest BCUT2D eigenvalue weighted by molar-refractivity contribution is 0.0735. The molecule has 1 fully saturated rings. The van der Waals surface area contributed by atoms with Crippen molar-refractivity contribution >= 4 is 11.7 Å². The van der Waals surface area contributed by atoms with Crippen LogP contribution in [0, 0.1) is 0 Å². The van der Waals surface area contributed by atoms with Crippen LogP contribution in [0.1, 0.15) is 34.7 Å². The number of amides is 1. The van der Waals surface area contributed by atoms with Gasteiger partial charge in [0.2, 0.25) is 0 Å². The third kappa shape index (κ3) is 3.04. The molecule has 0 radical (unpaired) electrons. The molecule has 3 aromatic rings. The molecule has 0 aromatic carbocycles. The van der Waals surface area contributed by atoms with Crippen LogP contribution in [0.5, 0.6) is 0 Å². The number of hydrogen-bond acceptors (Lipinski definition) is 6. The molecule has 0 spiro atoms. The van der Waals surface area contributed by atoms with Crippen molar-refractivity contribution in [3.8, 4) is 5.82 Å². The first kappa shape index (κ1) is 17.0. The first-order valence-corrected chi connectivity index (χ1v) is 9.76. The van der Waals surface area contributed by atoms with Gasteiger partial charge in [-0.25, -0.2) is 9.97 Å². The molecule has 0 atom stereocenters. The van der Waals surface area contributed by atoms with Gasteiger partial charge >= 0.3 is 0 Å². The highest BCUT2D eigenvalue weighted by atomic mass is 16.5. The first-order valence-electron chi connectivity index (χ1n) is 9.76. The lowest BCUT2D eigenvalue weighted by Gasteiger charge is -2.35. The maximum absolute atomic E-state index is 12.9. The first-order chi connectivity index (χ1) is 13.8. The van der Waals surface area contributed by atoms with Gasteiger partial charge in [0.05, 0.1) is 0 Å². The standard InChI is InChI=1S/C20H22N6O2/c27-20(19-15-5-1-2-6-16(15)28-23-19)26-11-9-25(10-12-26)18-13-17(21-14-22-18)24-7-3-4-8-24/h3-4,7-8,13-14H,1-2,5-6,9-12H2. The molecule has 8 heteroatoms. The van der Waals surface area contributed by atoms with Crippen molar-refractivity contribution in [3.05, 3.63) is 53.9 Å². The number of carbonyl (C=O) groups excluding carboxylic acids is 1. The van der Waals surface area contributed by atoms with E-state index in [9.17, 15) is 4.79 Å². The highest BCUT2D eigenvalue weighted by Crippen LogP contribution is 2.25. The number of rotatable bonds is 3. The van der Waals surface area contributed by atoms with E-state index in [4.69, 9.17) is 4.52 Å². The summed E-state index contributed by atoms with van der Waals surface area (Å²) in [6.45, 7) is 2.74. The Morgan fingerprint density at radius 2 is 1.71 bits per heavy atom. The Morgan fingerprint density at radius 3 is 2.54 bits per heavy atom. The number of anilines is 1. The summed E-state index contributed by atoms with van der Waals surface area (Å²) in [5, 5.41) is 4.09. The fraction of sp³-hybridized carbons (Fsp3) is 0.400. The summed E-state index contributed by atoms with van der Waals surface area (Å²) in [6.07, 6.45) is 9.49. The van der Waals surface area contributed by atoms with E-state index in [0.29, 0.717) is 18.8 Å². The van der Waals surface area contributed by atoms with Crippen LogP contribution in [0.3, 0.4) is 0 Å². The molecular formula is C20H22N6O2. The van der Waals surface area contributed by atoms with Crippen molar-refractivity contribution < 1.29 is 9.32 Å². The molecule has 3 aromatic heterocycles. The average molecular weight is 378 g/mol. The molecule has 0 unspecified atom stereocenters. The third-order valence-corrected chi connectivity index (χ3v) is 5.55. The number of carbonyl (C=O) groups is 1. The summed E-state index contributed by atoms with van der Waals surface area (Å²) in [4.78, 5) is 25.8. The zero-order valence-electron chi connectivity index (χ0n) is 15.6. The number of piperazine rings is 1. The summed E-state index contributed by atoms with van der Waals surface area (Å²) in [7, 11) is 0. The van der Waals surface area contributed by atoms with Gasteiger partial charge in [-0.1, -0.05) is 5.16 Å². The van der Waals surface area contributed by atoms with E-state index < -0.39 is 0 Å². The molecule has 28 heavy (non-hydrogen) atoms. The van der Waals surface area contributed by atoms with Crippen LogP contribution in [0.25, 0.3) is 5.82 Å². The minimum atomic E-state index is -0.0118. The van der Waals surface area contributed by atoms with Crippen LogP contribution in [0.15, 0.2) is 41.4 Å². The zero-order chi connectivity index (χ0) is 18.9. The lowest BCUT2D eigenvalue weighted by Crippen LogP contribution is -2.49. The third-order valence-electron chi connectivity index (χ3n) is 5.55. The molecule has 1 saturated heterocycles. The number of fused-ring (bicyclic) bond motifs is 1. The van der Waals surface area contributed by atoms with Crippen LogP contribution >= 0.6 is 0 Å². The molecule has 144 valence electrons. The highest BCUT2D eigenvalue weighted by molar-refractivity contribution is 5.94. The van der Waals surface area contributed by atoms with Crippen molar-refractivity contribution in [1.82, 2.24) is 24.6 Å². The minimum absolute atomic E-state index is 0.0118. The lowest BCUT2D eigenvalue weighted by atomic mass is 9.96. The van der Waals surface area contributed by atoms with E-state index >= 15 is 0 Å². The van der Waals surface area contributed by atoms with E-state index in [-0.39, 0.29) is 5.91 Å². The van der Waals surface area contributed by atoms with Crippen molar-refractivity contribution in [1.29, 1.82) is 0 Å². The fourth-order valence-electron chi connectivity index (χ4n) is 3.98. The quantitative estimate of drug-likeness (QED) is 0.694. The molecule has 0 bridgehead atoms. The molecule has 0 saturated carbocycles. The molecule has 1 aliphatic carbocycles. The number of aromatic nitrogens is 4. The molecule has 1 amide bonds. The van der Waals surface area contributed by atoms with Crippen LogP contribution in [-0.4, -0.2) is 56.7 Å². The van der Waals surface area contributed by atoms with Gasteiger partial charge in [-0.15, -0.1) is 0 Å². The van der Waals surface area contributed by atoms with E-state index in [1.165, 1.54) is 0 Å². The summed E-state index contributed by atoms with van der Waals surface area (Å²) >= 11 is 0. The molecule has 0 N–H and O–H groups in total. The van der Waals surface area contributed by atoms with Crippen molar-refractivity contribution in [3.63, 3.8) is 0 Å². The molecule has 8 nitrogen and oxygen atoms in total. The van der Waals surface area contributed by atoms with Gasteiger partial charge in [0, 0.05) is 56.6 Å². The van der Waals surface area contributed by atoms with Crippen LogP contribution in [-0.2, 0) is 12.8 Å². The maximum atomic E-state index is 12.9. The average Bonchev–Trinajstić information content (AvgIpc) is 3.44. The van der Waals surface area contributed by atoms with E-state index in [1.54, 1.807) is 6.33 Å². The number of hydrogen-bond donors (Lipinski definition) is 0. The summed E-state index contributed by atoms with van der Waals surface area (Å²) in [6, 6.07) is 5.91. The Kier molecular flexibility index (Phi) is 4.31. The van der Waals surface area contributed by atoms with Gasteiger partial charge in [0.25, 0.3) is 5.91 Å². The zero-order valence-corrected chi connectivity index (χ0v) is 15.6. The van der Waals surface area contributed by atoms with E-state index in [1.807, 2.05) is 40.1 Å². The molecule has 5 rings (SSSR count). The number of nitrogens with zero attached hydrogens (tertiary/aromatic N) is 6. The second-order valence-electron chi connectivity index (χ2n) is 7.24. The van der Waals surface area contributed by atoms with E-state index in [2.05, 4.69) is 20.0 Å². The monoisotopic (exact) mass is 378 g/mol. The van der Waals surface area contributed by atoms with Gasteiger partial charge in [0.1, 0.15) is 23.7 Å². The second kappa shape index (κ2) is 7.10. The Bertz CT molecular complexity index is 973. The Hall–Kier alpha value is -3.16. The normalized spacial score (nSPS) is 16.9. The van der Waals surface area contributed by atoms with Crippen molar-refractivity contribution in [2.45, 2.75) is 25.7 Å². The van der Waals surface area contributed by atoms with Crippen molar-refractivity contribution in [2.24, 2.45) is 0 Å². The second-order valence-corrected chi connectivity index (χ2v) is 7.24. The minimum Gasteiger partial charge on any atom is -0.360 e.